The van der Waals surface area contributed by atoms with Crippen LogP contribution in [0.15, 0.2) is 70.4 Å². The molecule has 1 aliphatic heterocycles. The van der Waals surface area contributed by atoms with Crippen molar-refractivity contribution in [2.24, 2.45) is 0 Å². The van der Waals surface area contributed by atoms with Crippen molar-refractivity contribution in [3.8, 4) is 0 Å². The summed E-state index contributed by atoms with van der Waals surface area (Å²) in [4.78, 5) is 40.3. The monoisotopic (exact) mass is 601 g/mol. The van der Waals surface area contributed by atoms with Crippen molar-refractivity contribution in [2.45, 2.75) is 59.2 Å². The standard InChI is InChI=1S/C34H40FN5O4/c1-24-28(23-38(22-26-9-12-36-13-10-26)14-6-8-25-7-5-11-37-21-25)32(41)27-19-29(35)30(20-31(27)43-24)39-15-17-40(18-16-39)33(42)44-34(2,3)4/h5,7,9-13,19-21H,6,8,14-18,22-23H2,1-4H3. The van der Waals surface area contributed by atoms with E-state index in [9.17, 15) is 9.59 Å². The highest BCUT2D eigenvalue weighted by atomic mass is 19.1. The van der Waals surface area contributed by atoms with Crippen LogP contribution in [0.25, 0.3) is 11.0 Å². The van der Waals surface area contributed by atoms with Crippen molar-refractivity contribution in [2.75, 3.05) is 37.6 Å². The van der Waals surface area contributed by atoms with Crippen LogP contribution in [0.3, 0.4) is 0 Å². The van der Waals surface area contributed by atoms with Gasteiger partial charge >= 0.3 is 6.09 Å². The first kappa shape index (κ1) is 31.1. The molecule has 5 rings (SSSR count). The molecule has 0 N–H and O–H groups in total. The molecule has 44 heavy (non-hydrogen) atoms. The summed E-state index contributed by atoms with van der Waals surface area (Å²) < 4.78 is 27.2. The smallest absolute Gasteiger partial charge is 0.410 e. The first-order valence-electron chi connectivity index (χ1n) is 15.1. The molecule has 0 saturated carbocycles. The van der Waals surface area contributed by atoms with Gasteiger partial charge in [0.25, 0.3) is 0 Å². The second-order valence-corrected chi connectivity index (χ2v) is 12.3. The normalized spacial score (nSPS) is 14.0. The molecule has 0 spiro atoms. The summed E-state index contributed by atoms with van der Waals surface area (Å²) in [5.74, 6) is 0.0252. The van der Waals surface area contributed by atoms with Gasteiger partial charge in [0.05, 0.1) is 16.6 Å². The number of carbonyl (C=O) groups excluding carboxylic acids is 1. The van der Waals surface area contributed by atoms with Crippen molar-refractivity contribution in [1.29, 1.82) is 0 Å². The van der Waals surface area contributed by atoms with E-state index < -0.39 is 11.4 Å². The van der Waals surface area contributed by atoms with Gasteiger partial charge in [-0.1, -0.05) is 6.07 Å². The minimum Gasteiger partial charge on any atom is -0.461 e. The van der Waals surface area contributed by atoms with E-state index in [1.807, 2.05) is 50.1 Å². The Balaban J connectivity index is 1.33. The van der Waals surface area contributed by atoms with Gasteiger partial charge in [0.15, 0.2) is 5.43 Å². The van der Waals surface area contributed by atoms with E-state index in [0.717, 1.165) is 30.5 Å². The molecule has 1 aliphatic rings. The van der Waals surface area contributed by atoms with Crippen LogP contribution in [0.1, 0.15) is 49.6 Å². The van der Waals surface area contributed by atoms with E-state index in [4.69, 9.17) is 9.15 Å². The maximum atomic E-state index is 15.5. The summed E-state index contributed by atoms with van der Waals surface area (Å²) in [6, 6.07) is 10.8. The van der Waals surface area contributed by atoms with Gasteiger partial charge in [-0.25, -0.2) is 9.18 Å². The molecule has 1 fully saturated rings. The van der Waals surface area contributed by atoms with Crippen molar-refractivity contribution >= 4 is 22.7 Å². The number of anilines is 1. The SMILES string of the molecule is Cc1oc2cc(N3CCN(C(=O)OC(C)(C)C)CC3)c(F)cc2c(=O)c1CN(CCCc1cccnc1)Cc1ccncc1. The van der Waals surface area contributed by atoms with Crippen LogP contribution in [0.4, 0.5) is 14.9 Å². The molecule has 3 aromatic heterocycles. The number of halogens is 1. The highest BCUT2D eigenvalue weighted by molar-refractivity contribution is 5.82. The quantitative estimate of drug-likeness (QED) is 0.241. The van der Waals surface area contributed by atoms with Gasteiger partial charge in [0.1, 0.15) is 22.8 Å². The molecule has 10 heteroatoms. The van der Waals surface area contributed by atoms with E-state index in [0.29, 0.717) is 61.9 Å². The third-order valence-electron chi connectivity index (χ3n) is 7.73. The molecule has 4 aromatic rings. The topological polar surface area (TPSA) is 92.0 Å². The molecule has 0 atom stereocenters. The summed E-state index contributed by atoms with van der Waals surface area (Å²) in [6.45, 7) is 10.7. The van der Waals surface area contributed by atoms with Gasteiger partial charge in [-0.15, -0.1) is 0 Å². The molecule has 232 valence electrons. The van der Waals surface area contributed by atoms with E-state index in [2.05, 4.69) is 20.9 Å². The minimum atomic E-state index is -0.580. The van der Waals surface area contributed by atoms with Crippen LogP contribution in [0.2, 0.25) is 0 Å². The van der Waals surface area contributed by atoms with Gasteiger partial charge < -0.3 is 19.0 Å². The highest BCUT2D eigenvalue weighted by Gasteiger charge is 2.27. The van der Waals surface area contributed by atoms with Crippen LogP contribution >= 0.6 is 0 Å². The number of nitrogens with zero attached hydrogens (tertiary/aromatic N) is 5. The van der Waals surface area contributed by atoms with Crippen LogP contribution in [0, 0.1) is 12.7 Å². The largest absolute Gasteiger partial charge is 0.461 e. The summed E-state index contributed by atoms with van der Waals surface area (Å²) in [6.07, 6.45) is 8.53. The summed E-state index contributed by atoms with van der Waals surface area (Å²) in [5, 5.41) is 0.221. The Kier molecular flexibility index (Phi) is 9.58. The Morgan fingerprint density at radius 1 is 1.02 bits per heavy atom. The van der Waals surface area contributed by atoms with Crippen LogP contribution in [-0.2, 0) is 24.2 Å². The molecule has 9 nitrogen and oxygen atoms in total. The molecule has 0 unspecified atom stereocenters. The lowest BCUT2D eigenvalue weighted by molar-refractivity contribution is 0.0240. The van der Waals surface area contributed by atoms with E-state index in [1.54, 1.807) is 36.5 Å². The molecule has 1 saturated heterocycles. The molecule has 0 aliphatic carbocycles. The van der Waals surface area contributed by atoms with Crippen LogP contribution in [-0.4, -0.2) is 64.2 Å². The summed E-state index contributed by atoms with van der Waals surface area (Å²) in [5.41, 5.74) is 2.66. The predicted octanol–water partition coefficient (Wildman–Crippen LogP) is 5.72. The lowest BCUT2D eigenvalue weighted by atomic mass is 10.1. The Bertz CT molecular complexity index is 1630. The number of amides is 1. The molecule has 4 heterocycles. The first-order valence-corrected chi connectivity index (χ1v) is 15.1. The summed E-state index contributed by atoms with van der Waals surface area (Å²) in [7, 11) is 0. The number of benzene rings is 1. The van der Waals surface area contributed by atoms with Gasteiger partial charge in [0, 0.05) is 70.1 Å². The number of carbonyl (C=O) groups is 1. The Labute approximate surface area is 257 Å². The van der Waals surface area contributed by atoms with Crippen LogP contribution < -0.4 is 10.3 Å². The number of hydrogen-bond acceptors (Lipinski definition) is 8. The Hall–Kier alpha value is -4.31. The number of hydrogen-bond donors (Lipinski definition) is 0. The maximum Gasteiger partial charge on any atom is 0.410 e. The number of ether oxygens (including phenoxy) is 1. The highest BCUT2D eigenvalue weighted by Crippen LogP contribution is 2.28. The maximum absolute atomic E-state index is 15.5. The minimum absolute atomic E-state index is 0.221. The van der Waals surface area contributed by atoms with Gasteiger partial charge in [-0.05, 0) is 82.5 Å². The van der Waals surface area contributed by atoms with Gasteiger partial charge in [-0.2, -0.15) is 0 Å². The lowest BCUT2D eigenvalue weighted by Gasteiger charge is -2.36. The van der Waals surface area contributed by atoms with E-state index >= 15 is 4.39 Å². The average Bonchev–Trinajstić information content (AvgIpc) is 2.99. The van der Waals surface area contributed by atoms with E-state index in [-0.39, 0.29) is 16.9 Å². The zero-order chi connectivity index (χ0) is 31.3. The van der Waals surface area contributed by atoms with Crippen molar-refractivity contribution in [3.05, 3.63) is 99.7 Å². The fourth-order valence-electron chi connectivity index (χ4n) is 5.47. The number of fused-ring (bicyclic) bond motifs is 1. The fourth-order valence-corrected chi connectivity index (χ4v) is 5.47. The number of rotatable bonds is 9. The zero-order valence-corrected chi connectivity index (χ0v) is 25.9. The van der Waals surface area contributed by atoms with Crippen molar-refractivity contribution < 1.29 is 18.3 Å². The molecule has 0 bridgehead atoms. The number of aryl methyl sites for hydroxylation is 2. The molecule has 1 aromatic carbocycles. The third-order valence-corrected chi connectivity index (χ3v) is 7.73. The molecule has 1 amide bonds. The summed E-state index contributed by atoms with van der Waals surface area (Å²) >= 11 is 0. The Morgan fingerprint density at radius 3 is 2.45 bits per heavy atom. The lowest BCUT2D eigenvalue weighted by Crippen LogP contribution is -2.50. The molecular weight excluding hydrogens is 561 g/mol. The number of aromatic nitrogens is 2. The van der Waals surface area contributed by atoms with Crippen molar-refractivity contribution in [1.82, 2.24) is 19.8 Å². The first-order chi connectivity index (χ1) is 21.1. The predicted molar refractivity (Wildman–Crippen MR) is 168 cm³/mol. The van der Waals surface area contributed by atoms with Gasteiger partial charge in [0.2, 0.25) is 0 Å². The Morgan fingerprint density at radius 2 is 1.77 bits per heavy atom. The zero-order valence-electron chi connectivity index (χ0n) is 25.9. The number of piperazine rings is 1. The van der Waals surface area contributed by atoms with E-state index in [1.165, 1.54) is 6.07 Å². The average molecular weight is 602 g/mol. The number of pyridine rings is 2. The second-order valence-electron chi connectivity index (χ2n) is 12.3. The van der Waals surface area contributed by atoms with Crippen molar-refractivity contribution in [3.63, 3.8) is 0 Å². The van der Waals surface area contributed by atoms with Crippen LogP contribution in [0.5, 0.6) is 0 Å². The fraction of sp³-hybridized carbons (Fsp3) is 0.412. The third kappa shape index (κ3) is 7.79. The van der Waals surface area contributed by atoms with Gasteiger partial charge in [-0.3, -0.25) is 19.7 Å². The molecule has 0 radical (unpaired) electrons. The second kappa shape index (κ2) is 13.5. The molecular formula is C34H40FN5O4.